The lowest BCUT2D eigenvalue weighted by molar-refractivity contribution is -0.726. The smallest absolute Gasteiger partial charge is 0.418 e. The number of aromatic nitrogens is 1. The van der Waals surface area contributed by atoms with E-state index in [9.17, 15) is 17.3 Å². The zero-order valence-electron chi connectivity index (χ0n) is 12.9. The maximum absolute atomic E-state index is 9.75. The third-order valence-corrected chi connectivity index (χ3v) is 5.53. The van der Waals surface area contributed by atoms with Gasteiger partial charge in [0.05, 0.1) is 4.88 Å². The molecule has 0 amide bonds. The van der Waals surface area contributed by atoms with Gasteiger partial charge in [0.2, 0.25) is 5.51 Å². The average Bonchev–Trinajstić information content (AvgIpc) is 2.64. The van der Waals surface area contributed by atoms with Crippen molar-refractivity contribution in [2.75, 3.05) is 0 Å². The Labute approximate surface area is 133 Å². The fraction of sp³-hybridized carbons (Fsp3) is 0.800. The third kappa shape index (κ3) is 5.90. The van der Waals surface area contributed by atoms with Gasteiger partial charge in [-0.2, -0.15) is 4.57 Å². The van der Waals surface area contributed by atoms with E-state index in [0.29, 0.717) is 0 Å². The highest BCUT2D eigenvalue weighted by atomic mass is 32.1. The van der Waals surface area contributed by atoms with Crippen molar-refractivity contribution in [1.82, 2.24) is 0 Å². The molecule has 1 nitrogen and oxygen atoms in total. The Morgan fingerprint density at radius 3 is 2.05 bits per heavy atom. The molecule has 1 saturated carbocycles. The normalized spacial score (nSPS) is 20.4. The van der Waals surface area contributed by atoms with E-state index >= 15 is 0 Å². The van der Waals surface area contributed by atoms with Crippen LogP contribution in [0.5, 0.6) is 0 Å². The lowest BCUT2D eigenvalue weighted by Crippen LogP contribution is -2.41. The average molecular weight is 337 g/mol. The van der Waals surface area contributed by atoms with E-state index in [1.807, 2.05) is 11.3 Å². The van der Waals surface area contributed by atoms with E-state index in [-0.39, 0.29) is 0 Å². The molecule has 0 bridgehead atoms. The molecule has 1 heterocycles. The molecule has 0 atom stereocenters. The van der Waals surface area contributed by atoms with Crippen molar-refractivity contribution in [3.63, 3.8) is 0 Å². The van der Waals surface area contributed by atoms with Gasteiger partial charge in [0.15, 0.2) is 11.7 Å². The molecule has 0 N–H and O–H groups in total. The maximum atomic E-state index is 9.75. The number of thiazole rings is 1. The lowest BCUT2D eigenvalue weighted by atomic mass is 10.1. The molecule has 1 aromatic rings. The van der Waals surface area contributed by atoms with Crippen molar-refractivity contribution >= 4 is 18.6 Å². The Bertz CT molecular complexity index is 447. The summed E-state index contributed by atoms with van der Waals surface area (Å²) in [5.74, 6) is 0. The quantitative estimate of drug-likeness (QED) is 0.209. The topological polar surface area (TPSA) is 3.88 Å². The van der Waals surface area contributed by atoms with Gasteiger partial charge in [-0.3, -0.25) is 0 Å². The van der Waals surface area contributed by atoms with Gasteiger partial charge in [0.1, 0.15) is 0 Å². The summed E-state index contributed by atoms with van der Waals surface area (Å²) in [5, 5.41) is 0. The van der Waals surface area contributed by atoms with E-state index < -0.39 is 7.25 Å². The van der Waals surface area contributed by atoms with Gasteiger partial charge < -0.3 is 17.3 Å². The molecule has 3 rings (SSSR count). The SMILES string of the molecule is F[B-](F)(F)F.c1sc2c([n+]1C1CCCCCC1)CCCCC2. The van der Waals surface area contributed by atoms with Crippen LogP contribution in [0.1, 0.15) is 74.4 Å². The molecule has 126 valence electrons. The minimum atomic E-state index is -6.00. The van der Waals surface area contributed by atoms with Crippen LogP contribution in [0, 0.1) is 0 Å². The molecular formula is C15H24BF4NS. The summed E-state index contributed by atoms with van der Waals surface area (Å²) in [6.07, 6.45) is 15.6. The summed E-state index contributed by atoms with van der Waals surface area (Å²) in [6.45, 7) is 0. The van der Waals surface area contributed by atoms with E-state index in [2.05, 4.69) is 10.1 Å². The first-order chi connectivity index (χ1) is 10.4. The van der Waals surface area contributed by atoms with Crippen molar-refractivity contribution < 1.29 is 21.8 Å². The van der Waals surface area contributed by atoms with Crippen molar-refractivity contribution in [2.24, 2.45) is 0 Å². The third-order valence-electron chi connectivity index (χ3n) is 4.48. The molecule has 0 aromatic carbocycles. The molecule has 1 fully saturated rings. The maximum Gasteiger partial charge on any atom is 0.673 e. The summed E-state index contributed by atoms with van der Waals surface area (Å²) in [6, 6.07) is 0.829. The number of hydrogen-bond acceptors (Lipinski definition) is 1. The van der Waals surface area contributed by atoms with Crippen molar-refractivity contribution in [1.29, 1.82) is 0 Å². The number of hydrogen-bond donors (Lipinski definition) is 0. The van der Waals surface area contributed by atoms with Crippen LogP contribution in [-0.4, -0.2) is 7.25 Å². The number of fused-ring (bicyclic) bond motifs is 1. The summed E-state index contributed by atoms with van der Waals surface area (Å²) in [7, 11) is -6.00. The van der Waals surface area contributed by atoms with Crippen LogP contribution < -0.4 is 4.57 Å². The Morgan fingerprint density at radius 2 is 1.41 bits per heavy atom. The largest absolute Gasteiger partial charge is 0.673 e. The molecule has 1 aromatic heterocycles. The Balaban J connectivity index is 0.000000309. The van der Waals surface area contributed by atoms with Crippen LogP contribution >= 0.6 is 11.3 Å². The second-order valence-electron chi connectivity index (χ2n) is 6.20. The number of aryl methyl sites for hydroxylation is 1. The number of rotatable bonds is 1. The molecule has 7 heteroatoms. The van der Waals surface area contributed by atoms with Gasteiger partial charge in [-0.1, -0.05) is 30.6 Å². The Morgan fingerprint density at radius 1 is 0.864 bits per heavy atom. The monoisotopic (exact) mass is 337 g/mol. The fourth-order valence-corrected chi connectivity index (χ4v) is 4.61. The molecule has 0 unspecified atom stereocenters. The van der Waals surface area contributed by atoms with Crippen LogP contribution in [0.4, 0.5) is 17.3 Å². The first kappa shape index (κ1) is 17.8. The highest BCUT2D eigenvalue weighted by Gasteiger charge is 2.28. The van der Waals surface area contributed by atoms with Crippen LogP contribution in [-0.2, 0) is 12.8 Å². The first-order valence-corrected chi connectivity index (χ1v) is 9.21. The Kier molecular flexibility index (Phi) is 6.72. The van der Waals surface area contributed by atoms with Gasteiger partial charge >= 0.3 is 7.25 Å². The fourth-order valence-electron chi connectivity index (χ4n) is 3.46. The number of halogens is 4. The minimum absolute atomic E-state index is 0.829. The predicted octanol–water partition coefficient (Wildman–Crippen LogP) is 5.50. The van der Waals surface area contributed by atoms with Gasteiger partial charge in [-0.05, 0) is 32.1 Å². The molecule has 2 aliphatic carbocycles. The molecule has 0 spiro atoms. The van der Waals surface area contributed by atoms with Crippen LogP contribution in [0.2, 0.25) is 0 Å². The summed E-state index contributed by atoms with van der Waals surface area (Å²) >= 11 is 2.03. The zero-order valence-corrected chi connectivity index (χ0v) is 13.7. The standard InChI is InChI=1S/C15H24NS.BF4/c1-2-5-9-13(8-4-1)16-12-17-15-11-7-3-6-10-14(15)16;2-1(3,4)5/h12-13H,1-11H2;/q+1;-1. The van der Waals surface area contributed by atoms with E-state index in [1.54, 1.807) is 10.6 Å². The van der Waals surface area contributed by atoms with Crippen molar-refractivity contribution in [3.8, 4) is 0 Å². The summed E-state index contributed by atoms with van der Waals surface area (Å²) in [4.78, 5) is 1.70. The summed E-state index contributed by atoms with van der Waals surface area (Å²) < 4.78 is 41.7. The minimum Gasteiger partial charge on any atom is -0.418 e. The summed E-state index contributed by atoms with van der Waals surface area (Å²) in [5.41, 5.74) is 4.14. The molecule has 0 aliphatic heterocycles. The van der Waals surface area contributed by atoms with Gasteiger partial charge in [0.25, 0.3) is 0 Å². The highest BCUT2D eigenvalue weighted by molar-refractivity contribution is 7.09. The lowest BCUT2D eigenvalue weighted by Gasteiger charge is -2.09. The van der Waals surface area contributed by atoms with Gasteiger partial charge in [-0.25, -0.2) is 0 Å². The predicted molar refractivity (Wildman–Crippen MR) is 82.7 cm³/mol. The van der Waals surface area contributed by atoms with Crippen LogP contribution in [0.3, 0.4) is 0 Å². The second kappa shape index (κ2) is 8.32. The zero-order chi connectivity index (χ0) is 16.0. The van der Waals surface area contributed by atoms with Gasteiger partial charge in [0, 0.05) is 19.3 Å². The van der Waals surface area contributed by atoms with E-state index in [4.69, 9.17) is 0 Å². The van der Waals surface area contributed by atoms with Gasteiger partial charge in [-0.15, -0.1) is 0 Å². The van der Waals surface area contributed by atoms with Crippen molar-refractivity contribution in [2.45, 2.75) is 76.7 Å². The van der Waals surface area contributed by atoms with E-state index in [0.717, 1.165) is 6.04 Å². The molecule has 22 heavy (non-hydrogen) atoms. The highest BCUT2D eigenvalue weighted by Crippen LogP contribution is 2.28. The second-order valence-corrected chi connectivity index (χ2v) is 7.14. The molecular weight excluding hydrogens is 313 g/mol. The molecule has 2 aliphatic rings. The van der Waals surface area contributed by atoms with Crippen LogP contribution in [0.25, 0.3) is 0 Å². The van der Waals surface area contributed by atoms with Crippen molar-refractivity contribution in [3.05, 3.63) is 16.1 Å². The number of nitrogens with zero attached hydrogens (tertiary/aromatic N) is 1. The Hall–Kier alpha value is -0.585. The molecule has 0 radical (unpaired) electrons. The first-order valence-electron chi connectivity index (χ1n) is 8.33. The van der Waals surface area contributed by atoms with E-state index in [1.165, 1.54) is 70.6 Å². The van der Waals surface area contributed by atoms with Crippen LogP contribution in [0.15, 0.2) is 5.51 Å². The molecule has 0 saturated heterocycles.